The number of aryl methyl sites for hydroxylation is 1. The normalized spacial score (nSPS) is 14.6. The summed E-state index contributed by atoms with van der Waals surface area (Å²) in [5, 5.41) is 0. The van der Waals surface area contributed by atoms with E-state index in [1.54, 1.807) is 25.3 Å². The molecule has 0 aliphatic carbocycles. The standard InChI is InChI=1S/C19H18O4/c1-4-12-5-7-13(8-6-12)9-17-19(20)18-15(22-3)10-14(21-2)11-16(18)23-17/h5-11H,4H2,1-3H3. The van der Waals surface area contributed by atoms with Crippen LogP contribution in [-0.4, -0.2) is 20.0 Å². The molecule has 1 aliphatic heterocycles. The van der Waals surface area contributed by atoms with Crippen molar-refractivity contribution in [3.63, 3.8) is 0 Å². The SMILES string of the molecule is CCc1ccc(C=C2Oc3cc(OC)cc(OC)c3C2=O)cc1. The van der Waals surface area contributed by atoms with Crippen LogP contribution >= 0.6 is 0 Å². The highest BCUT2D eigenvalue weighted by Crippen LogP contribution is 2.41. The van der Waals surface area contributed by atoms with Gasteiger partial charge in [0.25, 0.3) is 0 Å². The van der Waals surface area contributed by atoms with Crippen LogP contribution < -0.4 is 14.2 Å². The summed E-state index contributed by atoms with van der Waals surface area (Å²) in [6, 6.07) is 11.4. The predicted molar refractivity (Wildman–Crippen MR) is 88.3 cm³/mol. The van der Waals surface area contributed by atoms with E-state index in [9.17, 15) is 4.79 Å². The van der Waals surface area contributed by atoms with Gasteiger partial charge in [0, 0.05) is 12.1 Å². The van der Waals surface area contributed by atoms with E-state index in [-0.39, 0.29) is 11.5 Å². The van der Waals surface area contributed by atoms with Crippen molar-refractivity contribution in [1.29, 1.82) is 0 Å². The van der Waals surface area contributed by atoms with Crippen LogP contribution in [0.4, 0.5) is 0 Å². The number of rotatable bonds is 4. The number of ether oxygens (including phenoxy) is 3. The monoisotopic (exact) mass is 310 g/mol. The smallest absolute Gasteiger partial charge is 0.235 e. The topological polar surface area (TPSA) is 44.8 Å². The summed E-state index contributed by atoms with van der Waals surface area (Å²) in [5.41, 5.74) is 2.61. The first-order valence-corrected chi connectivity index (χ1v) is 7.45. The lowest BCUT2D eigenvalue weighted by Gasteiger charge is -2.07. The highest BCUT2D eigenvalue weighted by atomic mass is 16.5. The summed E-state index contributed by atoms with van der Waals surface area (Å²) >= 11 is 0. The summed E-state index contributed by atoms with van der Waals surface area (Å²) in [5.74, 6) is 1.61. The number of hydrogen-bond donors (Lipinski definition) is 0. The maximum absolute atomic E-state index is 12.6. The van der Waals surface area contributed by atoms with Crippen molar-refractivity contribution in [2.75, 3.05) is 14.2 Å². The molecule has 118 valence electrons. The van der Waals surface area contributed by atoms with E-state index >= 15 is 0 Å². The zero-order valence-electron chi connectivity index (χ0n) is 13.4. The molecule has 2 aromatic rings. The minimum Gasteiger partial charge on any atom is -0.496 e. The minimum atomic E-state index is -0.181. The van der Waals surface area contributed by atoms with E-state index in [2.05, 4.69) is 6.92 Å². The number of methoxy groups -OCH3 is 2. The molecule has 0 N–H and O–H groups in total. The Morgan fingerprint density at radius 3 is 2.43 bits per heavy atom. The number of carbonyl (C=O) groups is 1. The van der Waals surface area contributed by atoms with E-state index in [0.29, 0.717) is 22.8 Å². The number of Topliss-reactive ketones (excluding diaryl/α,β-unsaturated/α-hetero) is 1. The maximum atomic E-state index is 12.6. The zero-order valence-corrected chi connectivity index (χ0v) is 13.4. The van der Waals surface area contributed by atoms with Gasteiger partial charge in [-0.25, -0.2) is 0 Å². The summed E-state index contributed by atoms with van der Waals surface area (Å²) in [4.78, 5) is 12.6. The van der Waals surface area contributed by atoms with Crippen LogP contribution in [0.3, 0.4) is 0 Å². The molecule has 0 amide bonds. The van der Waals surface area contributed by atoms with Gasteiger partial charge in [0.05, 0.1) is 14.2 Å². The van der Waals surface area contributed by atoms with Crippen LogP contribution in [0.1, 0.15) is 28.4 Å². The van der Waals surface area contributed by atoms with Gasteiger partial charge in [-0.2, -0.15) is 0 Å². The molecular weight excluding hydrogens is 292 g/mol. The van der Waals surface area contributed by atoms with E-state index in [1.165, 1.54) is 12.7 Å². The molecule has 1 heterocycles. The Labute approximate surface area is 135 Å². The van der Waals surface area contributed by atoms with Gasteiger partial charge in [0.2, 0.25) is 5.78 Å². The van der Waals surface area contributed by atoms with Crippen molar-refractivity contribution in [3.8, 4) is 17.2 Å². The lowest BCUT2D eigenvalue weighted by molar-refractivity contribution is 0.101. The summed E-state index contributed by atoms with van der Waals surface area (Å²) in [7, 11) is 3.08. The fraction of sp³-hybridized carbons (Fsp3) is 0.211. The van der Waals surface area contributed by atoms with Crippen molar-refractivity contribution in [2.45, 2.75) is 13.3 Å². The Kier molecular flexibility index (Phi) is 4.06. The van der Waals surface area contributed by atoms with Crippen LogP contribution in [0.2, 0.25) is 0 Å². The fourth-order valence-electron chi connectivity index (χ4n) is 2.53. The van der Waals surface area contributed by atoms with Crippen molar-refractivity contribution >= 4 is 11.9 Å². The Balaban J connectivity index is 1.97. The molecular formula is C19H18O4. The molecule has 1 aliphatic rings. The van der Waals surface area contributed by atoms with Gasteiger partial charge in [0.1, 0.15) is 22.8 Å². The number of hydrogen-bond acceptors (Lipinski definition) is 4. The lowest BCUT2D eigenvalue weighted by Crippen LogP contribution is -2.00. The van der Waals surface area contributed by atoms with E-state index in [0.717, 1.165) is 12.0 Å². The van der Waals surface area contributed by atoms with Gasteiger partial charge in [-0.1, -0.05) is 31.2 Å². The third kappa shape index (κ3) is 2.80. The van der Waals surface area contributed by atoms with Crippen LogP contribution in [0.5, 0.6) is 17.2 Å². The Morgan fingerprint density at radius 2 is 1.83 bits per heavy atom. The lowest BCUT2D eigenvalue weighted by atomic mass is 10.1. The molecule has 0 unspecified atom stereocenters. The van der Waals surface area contributed by atoms with Crippen molar-refractivity contribution in [2.24, 2.45) is 0 Å². The highest BCUT2D eigenvalue weighted by Gasteiger charge is 2.32. The van der Waals surface area contributed by atoms with E-state index in [4.69, 9.17) is 14.2 Å². The molecule has 0 saturated heterocycles. The second-order valence-corrected chi connectivity index (χ2v) is 5.24. The largest absolute Gasteiger partial charge is 0.496 e. The quantitative estimate of drug-likeness (QED) is 0.804. The molecule has 0 aromatic heterocycles. The highest BCUT2D eigenvalue weighted by molar-refractivity contribution is 6.16. The fourth-order valence-corrected chi connectivity index (χ4v) is 2.53. The average molecular weight is 310 g/mol. The summed E-state index contributed by atoms with van der Waals surface area (Å²) in [6.07, 6.45) is 2.72. The number of benzene rings is 2. The van der Waals surface area contributed by atoms with E-state index in [1.807, 2.05) is 24.3 Å². The van der Waals surface area contributed by atoms with Gasteiger partial charge in [-0.15, -0.1) is 0 Å². The number of ketones is 1. The molecule has 3 rings (SSSR count). The molecule has 0 radical (unpaired) electrons. The van der Waals surface area contributed by atoms with Gasteiger partial charge in [-0.3, -0.25) is 4.79 Å². The third-order valence-corrected chi connectivity index (χ3v) is 3.85. The van der Waals surface area contributed by atoms with Gasteiger partial charge in [-0.05, 0) is 23.6 Å². The predicted octanol–water partition coefficient (Wildman–Crippen LogP) is 3.88. The summed E-state index contributed by atoms with van der Waals surface area (Å²) in [6.45, 7) is 2.10. The van der Waals surface area contributed by atoms with Crippen LogP contribution in [0.15, 0.2) is 42.2 Å². The van der Waals surface area contributed by atoms with Gasteiger partial charge in [0.15, 0.2) is 5.76 Å². The second-order valence-electron chi connectivity index (χ2n) is 5.24. The maximum Gasteiger partial charge on any atom is 0.235 e. The number of fused-ring (bicyclic) bond motifs is 1. The number of carbonyl (C=O) groups excluding carboxylic acids is 1. The average Bonchev–Trinajstić information content (AvgIpc) is 2.90. The Morgan fingerprint density at radius 1 is 1.09 bits per heavy atom. The molecule has 0 saturated carbocycles. The first-order valence-electron chi connectivity index (χ1n) is 7.45. The summed E-state index contributed by atoms with van der Waals surface area (Å²) < 4.78 is 16.2. The molecule has 0 spiro atoms. The molecule has 23 heavy (non-hydrogen) atoms. The Bertz CT molecular complexity index is 773. The molecule has 4 nitrogen and oxygen atoms in total. The molecule has 4 heteroatoms. The van der Waals surface area contributed by atoms with Gasteiger partial charge < -0.3 is 14.2 Å². The minimum absolute atomic E-state index is 0.181. The zero-order chi connectivity index (χ0) is 16.4. The first kappa shape index (κ1) is 15.2. The van der Waals surface area contributed by atoms with Crippen LogP contribution in [0.25, 0.3) is 6.08 Å². The van der Waals surface area contributed by atoms with Crippen molar-refractivity contribution in [1.82, 2.24) is 0 Å². The van der Waals surface area contributed by atoms with Crippen molar-refractivity contribution in [3.05, 3.63) is 58.8 Å². The van der Waals surface area contributed by atoms with E-state index < -0.39 is 0 Å². The second kappa shape index (κ2) is 6.16. The Hall–Kier alpha value is -2.75. The first-order chi connectivity index (χ1) is 11.2. The van der Waals surface area contributed by atoms with Crippen LogP contribution in [0, 0.1) is 0 Å². The molecule has 0 fully saturated rings. The third-order valence-electron chi connectivity index (χ3n) is 3.85. The van der Waals surface area contributed by atoms with Crippen LogP contribution in [-0.2, 0) is 6.42 Å². The molecule has 0 bridgehead atoms. The van der Waals surface area contributed by atoms with Gasteiger partial charge >= 0.3 is 0 Å². The van der Waals surface area contributed by atoms with Crippen molar-refractivity contribution < 1.29 is 19.0 Å². The number of allylic oxidation sites excluding steroid dienone is 1. The molecule has 2 aromatic carbocycles. The molecule has 0 atom stereocenters.